The first kappa shape index (κ1) is 19.9. The van der Waals surface area contributed by atoms with Crippen LogP contribution in [0.2, 0.25) is 10.0 Å². The minimum Gasteiger partial charge on any atom is -0.458 e. The number of hydrogen-bond donors (Lipinski definition) is 0. The number of benzene rings is 2. The third-order valence-corrected chi connectivity index (χ3v) is 5.78. The molecule has 2 aromatic carbocycles. The van der Waals surface area contributed by atoms with Crippen LogP contribution >= 0.6 is 35.0 Å². The van der Waals surface area contributed by atoms with Crippen LogP contribution in [0, 0.1) is 0 Å². The Morgan fingerprint density at radius 2 is 2.03 bits per heavy atom. The molecule has 6 nitrogen and oxygen atoms in total. The van der Waals surface area contributed by atoms with E-state index in [2.05, 4.69) is 10.2 Å². The first-order chi connectivity index (χ1) is 14.1. The number of aromatic nitrogens is 3. The lowest BCUT2D eigenvalue weighted by Gasteiger charge is -2.13. The van der Waals surface area contributed by atoms with Crippen molar-refractivity contribution in [3.8, 4) is 5.69 Å². The first-order valence-corrected chi connectivity index (χ1v) is 10.6. The molecule has 0 bridgehead atoms. The molecule has 2 heterocycles. The lowest BCUT2D eigenvalue weighted by molar-refractivity contribution is 0.181. The zero-order chi connectivity index (χ0) is 20.4. The molecule has 4 rings (SSSR count). The van der Waals surface area contributed by atoms with Crippen LogP contribution in [0.1, 0.15) is 29.9 Å². The molecule has 0 spiro atoms. The number of hydrogen-bond acceptors (Lipinski definition) is 6. The molecule has 1 aliphatic rings. The van der Waals surface area contributed by atoms with E-state index in [0.29, 0.717) is 33.9 Å². The monoisotopic (exact) mass is 446 g/mol. The zero-order valence-electron chi connectivity index (χ0n) is 15.4. The summed E-state index contributed by atoms with van der Waals surface area (Å²) in [7, 11) is 0. The lowest BCUT2D eigenvalue weighted by atomic mass is 10.0. The smallest absolute Gasteiger partial charge is 0.367 e. The molecule has 3 aromatic rings. The third-order valence-electron chi connectivity index (χ3n) is 4.38. The van der Waals surface area contributed by atoms with Crippen molar-refractivity contribution < 1.29 is 9.53 Å². The molecule has 9 heteroatoms. The van der Waals surface area contributed by atoms with E-state index >= 15 is 0 Å². The predicted octanol–water partition coefficient (Wildman–Crippen LogP) is 5.36. The summed E-state index contributed by atoms with van der Waals surface area (Å²) in [5, 5.41) is 9.13. The minimum absolute atomic E-state index is 0.324. The average Bonchev–Trinajstić information content (AvgIpc) is 3.14. The molecular weight excluding hydrogens is 431 g/mol. The van der Waals surface area contributed by atoms with E-state index in [4.69, 9.17) is 32.9 Å². The van der Waals surface area contributed by atoms with Gasteiger partial charge in [-0.3, -0.25) is 9.56 Å². The van der Waals surface area contributed by atoms with Gasteiger partial charge in [0.1, 0.15) is 12.4 Å². The highest BCUT2D eigenvalue weighted by Crippen LogP contribution is 2.34. The van der Waals surface area contributed by atoms with Gasteiger partial charge < -0.3 is 4.74 Å². The lowest BCUT2D eigenvalue weighted by Crippen LogP contribution is -2.10. The van der Waals surface area contributed by atoms with Gasteiger partial charge in [0.2, 0.25) is 0 Å². The third kappa shape index (κ3) is 4.03. The Morgan fingerprint density at radius 1 is 1.21 bits per heavy atom. The molecule has 0 saturated heterocycles. The highest BCUT2D eigenvalue weighted by molar-refractivity contribution is 8.13. The fraction of sp³-hybridized carbons (Fsp3) is 0.200. The number of halogens is 2. The number of ether oxygens (including phenoxy) is 1. The molecule has 29 heavy (non-hydrogen) atoms. The van der Waals surface area contributed by atoms with Crippen molar-refractivity contribution in [1.82, 2.24) is 14.8 Å². The Morgan fingerprint density at radius 3 is 2.83 bits per heavy atom. The normalized spacial score (nSPS) is 15.1. The maximum atomic E-state index is 11.9. The maximum absolute atomic E-state index is 11.9. The molecular formula is C20H16Cl2N4O2S. The van der Waals surface area contributed by atoms with Crippen LogP contribution in [-0.4, -0.2) is 38.1 Å². The summed E-state index contributed by atoms with van der Waals surface area (Å²) in [5.74, 6) is 0.986. The fourth-order valence-electron chi connectivity index (χ4n) is 3.13. The van der Waals surface area contributed by atoms with Gasteiger partial charge in [0.25, 0.3) is 0 Å². The molecule has 0 fully saturated rings. The van der Waals surface area contributed by atoms with Crippen LogP contribution in [0.15, 0.2) is 53.8 Å². The van der Waals surface area contributed by atoms with Gasteiger partial charge in [-0.2, -0.15) is 0 Å². The van der Waals surface area contributed by atoms with E-state index < -0.39 is 6.04 Å². The number of nitrogens with zero attached hydrogens (tertiary/aromatic N) is 4. The second-order valence-electron chi connectivity index (χ2n) is 6.19. The van der Waals surface area contributed by atoms with E-state index in [-0.39, 0.29) is 5.30 Å². The van der Waals surface area contributed by atoms with Crippen molar-refractivity contribution in [2.24, 2.45) is 4.99 Å². The van der Waals surface area contributed by atoms with Crippen LogP contribution in [0.4, 0.5) is 4.79 Å². The van der Waals surface area contributed by atoms with E-state index in [0.717, 1.165) is 28.6 Å². The van der Waals surface area contributed by atoms with Crippen molar-refractivity contribution in [2.75, 3.05) is 12.4 Å². The highest BCUT2D eigenvalue weighted by atomic mass is 35.5. The second-order valence-corrected chi connectivity index (χ2v) is 7.99. The van der Waals surface area contributed by atoms with Crippen LogP contribution in [-0.2, 0) is 4.74 Å². The molecule has 1 atom stereocenters. The summed E-state index contributed by atoms with van der Waals surface area (Å²) in [6, 6.07) is 12.6. The number of carbonyl (C=O) groups excluding carboxylic acids is 1. The molecule has 0 N–H and O–H groups in total. The van der Waals surface area contributed by atoms with Crippen molar-refractivity contribution in [3.05, 3.63) is 75.8 Å². The SMILES string of the molecule is CCOC(=O)SCC1N=C(c2ccccc2Cl)c2cc(Cl)ccc2-n2cnnc21. The number of fused-ring (bicyclic) bond motifs is 3. The topological polar surface area (TPSA) is 69.4 Å². The van der Waals surface area contributed by atoms with E-state index in [1.54, 1.807) is 13.3 Å². The van der Waals surface area contributed by atoms with Gasteiger partial charge in [0.05, 0.1) is 18.0 Å². The van der Waals surface area contributed by atoms with Crippen LogP contribution in [0.3, 0.4) is 0 Å². The van der Waals surface area contributed by atoms with E-state index in [1.807, 2.05) is 47.0 Å². The van der Waals surface area contributed by atoms with Crippen molar-refractivity contribution in [1.29, 1.82) is 0 Å². The number of carbonyl (C=O) groups is 1. The zero-order valence-corrected chi connectivity index (χ0v) is 17.7. The van der Waals surface area contributed by atoms with Gasteiger partial charge in [-0.1, -0.05) is 41.4 Å². The molecule has 148 valence electrons. The Hall–Kier alpha value is -2.35. The highest BCUT2D eigenvalue weighted by Gasteiger charge is 2.28. The summed E-state index contributed by atoms with van der Waals surface area (Å²) in [6.45, 7) is 2.10. The minimum atomic E-state index is -0.427. The Balaban J connectivity index is 1.87. The molecule has 1 unspecified atom stereocenters. The van der Waals surface area contributed by atoms with Gasteiger partial charge in [0.15, 0.2) is 5.82 Å². The average molecular weight is 447 g/mol. The molecule has 1 aliphatic heterocycles. The molecule has 0 saturated carbocycles. The Labute approximate surface area is 181 Å². The van der Waals surface area contributed by atoms with Gasteiger partial charge in [-0.25, -0.2) is 4.79 Å². The number of aliphatic imine (C=N–C) groups is 1. The summed E-state index contributed by atoms with van der Waals surface area (Å²) in [4.78, 5) is 16.9. The van der Waals surface area contributed by atoms with Crippen molar-refractivity contribution in [3.63, 3.8) is 0 Å². The number of thioether (sulfide) groups is 1. The van der Waals surface area contributed by atoms with E-state index in [1.165, 1.54) is 0 Å². The molecule has 0 radical (unpaired) electrons. The van der Waals surface area contributed by atoms with E-state index in [9.17, 15) is 4.79 Å². The fourth-order valence-corrected chi connectivity index (χ4v) is 4.25. The quantitative estimate of drug-likeness (QED) is 0.504. The molecule has 1 aromatic heterocycles. The van der Waals surface area contributed by atoms with Gasteiger partial charge in [0, 0.05) is 26.9 Å². The Kier molecular flexibility index (Phi) is 5.89. The largest absolute Gasteiger partial charge is 0.458 e. The second kappa shape index (κ2) is 8.57. The summed E-state index contributed by atoms with van der Waals surface area (Å²) < 4.78 is 6.91. The standard InChI is InChI=1S/C20H16Cl2N4O2S/c1-2-28-20(27)29-10-16-19-25-23-11-26(19)17-8-7-12(21)9-14(17)18(24-16)13-5-3-4-6-15(13)22/h3-9,11,16H,2,10H2,1H3. The summed E-state index contributed by atoms with van der Waals surface area (Å²) >= 11 is 13.9. The Bertz CT molecular complexity index is 1100. The van der Waals surface area contributed by atoms with Crippen LogP contribution in [0.5, 0.6) is 0 Å². The van der Waals surface area contributed by atoms with Gasteiger partial charge >= 0.3 is 5.30 Å². The summed E-state index contributed by atoms with van der Waals surface area (Å²) in [5.41, 5.74) is 3.13. The van der Waals surface area contributed by atoms with Crippen LogP contribution < -0.4 is 0 Å². The maximum Gasteiger partial charge on any atom is 0.367 e. The van der Waals surface area contributed by atoms with Crippen LogP contribution in [0.25, 0.3) is 5.69 Å². The molecule has 0 aliphatic carbocycles. The van der Waals surface area contributed by atoms with Gasteiger partial charge in [-0.15, -0.1) is 10.2 Å². The first-order valence-electron chi connectivity index (χ1n) is 8.91. The molecule has 0 amide bonds. The van der Waals surface area contributed by atoms with Gasteiger partial charge in [-0.05, 0) is 43.0 Å². The predicted molar refractivity (Wildman–Crippen MR) is 116 cm³/mol. The number of rotatable bonds is 4. The summed E-state index contributed by atoms with van der Waals surface area (Å²) in [6.07, 6.45) is 1.63. The van der Waals surface area contributed by atoms with Crippen molar-refractivity contribution >= 4 is 46.0 Å². The van der Waals surface area contributed by atoms with Crippen molar-refractivity contribution in [2.45, 2.75) is 13.0 Å².